The zero-order valence-electron chi connectivity index (χ0n) is 10.9. The molecule has 0 atom stereocenters. The van der Waals surface area contributed by atoms with E-state index in [9.17, 15) is 14.9 Å². The van der Waals surface area contributed by atoms with Crippen molar-refractivity contribution in [3.05, 3.63) is 44.2 Å². The summed E-state index contributed by atoms with van der Waals surface area (Å²) in [5, 5.41) is 21.6. The van der Waals surface area contributed by atoms with Gasteiger partial charge in [0.25, 0.3) is 11.5 Å². The predicted molar refractivity (Wildman–Crippen MR) is 77.3 cm³/mol. The fraction of sp³-hybridized carbons (Fsp3) is 0.231. The molecule has 0 aromatic carbocycles. The van der Waals surface area contributed by atoms with Crippen LogP contribution in [0.1, 0.15) is 26.5 Å². The third-order valence-electron chi connectivity index (χ3n) is 3.18. The minimum atomic E-state index is -0.450. The highest BCUT2D eigenvalue weighted by Gasteiger charge is 2.22. The summed E-state index contributed by atoms with van der Waals surface area (Å²) in [5.41, 5.74) is 1.25. The van der Waals surface area contributed by atoms with Crippen LogP contribution >= 0.6 is 11.3 Å². The summed E-state index contributed by atoms with van der Waals surface area (Å²) in [6.45, 7) is 1.54. The van der Waals surface area contributed by atoms with Crippen LogP contribution in [0, 0.1) is 11.3 Å². The second-order valence-electron chi connectivity index (χ2n) is 4.51. The van der Waals surface area contributed by atoms with Crippen LogP contribution in [0.4, 0.5) is 5.00 Å². The highest BCUT2D eigenvalue weighted by molar-refractivity contribution is 7.16. The topological polar surface area (TPSA) is 111 Å². The molecule has 1 amide bonds. The number of fused-ring (bicyclic) bond motifs is 1. The number of nitrogens with zero attached hydrogens (tertiary/aromatic N) is 2. The lowest BCUT2D eigenvalue weighted by molar-refractivity contribution is 0.102. The smallest absolute Gasteiger partial charge is 0.276 e. The lowest BCUT2D eigenvalue weighted by atomic mass is 10.1. The van der Waals surface area contributed by atoms with Crippen LogP contribution in [-0.2, 0) is 13.0 Å². The van der Waals surface area contributed by atoms with E-state index in [2.05, 4.69) is 26.9 Å². The molecule has 0 unspecified atom stereocenters. The Morgan fingerprint density at radius 2 is 2.33 bits per heavy atom. The Morgan fingerprint density at radius 1 is 1.48 bits per heavy atom. The Labute approximate surface area is 123 Å². The monoisotopic (exact) mass is 301 g/mol. The fourth-order valence-electron chi connectivity index (χ4n) is 2.18. The number of rotatable bonds is 2. The van der Waals surface area contributed by atoms with Crippen molar-refractivity contribution < 1.29 is 4.79 Å². The fourth-order valence-corrected chi connectivity index (χ4v) is 3.34. The van der Waals surface area contributed by atoms with Crippen molar-refractivity contribution >= 4 is 22.2 Å². The number of thiophene rings is 1. The molecule has 2 aromatic heterocycles. The van der Waals surface area contributed by atoms with Crippen molar-refractivity contribution in [2.45, 2.75) is 13.0 Å². The van der Waals surface area contributed by atoms with E-state index >= 15 is 0 Å². The van der Waals surface area contributed by atoms with Crippen LogP contribution < -0.4 is 16.2 Å². The van der Waals surface area contributed by atoms with Crippen molar-refractivity contribution in [3.63, 3.8) is 0 Å². The first kappa shape index (κ1) is 13.5. The maximum Gasteiger partial charge on any atom is 0.276 e. The molecule has 8 heteroatoms. The Morgan fingerprint density at radius 3 is 3.05 bits per heavy atom. The SMILES string of the molecule is N#Cc1c(NC(=O)c2ccc(=O)[nH]n2)sc2c1CCNC2. The van der Waals surface area contributed by atoms with E-state index in [0.29, 0.717) is 17.1 Å². The molecule has 7 nitrogen and oxygen atoms in total. The predicted octanol–water partition coefficient (Wildman–Crippen LogP) is 0.601. The standard InChI is InChI=1S/C13H11N5O2S/c14-5-8-7-3-4-15-6-10(7)21-13(8)16-12(20)9-1-2-11(19)18-17-9/h1-2,15H,3-4,6H2,(H,16,20)(H,18,19). The molecule has 3 heterocycles. The maximum absolute atomic E-state index is 12.1. The Bertz CT molecular complexity index is 781. The molecule has 3 N–H and O–H groups in total. The maximum atomic E-state index is 12.1. The number of aromatic nitrogens is 2. The van der Waals surface area contributed by atoms with Gasteiger partial charge in [0.2, 0.25) is 0 Å². The van der Waals surface area contributed by atoms with E-state index in [4.69, 9.17) is 0 Å². The van der Waals surface area contributed by atoms with Gasteiger partial charge in [-0.15, -0.1) is 11.3 Å². The molecule has 0 spiro atoms. The quantitative estimate of drug-likeness (QED) is 0.752. The lowest BCUT2D eigenvalue weighted by Crippen LogP contribution is -2.22. The van der Waals surface area contributed by atoms with Gasteiger partial charge in [0.1, 0.15) is 16.8 Å². The van der Waals surface area contributed by atoms with Gasteiger partial charge < -0.3 is 10.6 Å². The molecule has 2 aromatic rings. The van der Waals surface area contributed by atoms with Gasteiger partial charge in [-0.2, -0.15) is 10.4 Å². The lowest BCUT2D eigenvalue weighted by Gasteiger charge is -2.11. The first-order valence-electron chi connectivity index (χ1n) is 6.31. The number of aromatic amines is 1. The molecular formula is C13H11N5O2S. The van der Waals surface area contributed by atoms with Gasteiger partial charge in [-0.25, -0.2) is 5.10 Å². The van der Waals surface area contributed by atoms with Crippen LogP contribution in [0.3, 0.4) is 0 Å². The molecule has 0 saturated heterocycles. The van der Waals surface area contributed by atoms with Crippen molar-refractivity contribution in [1.29, 1.82) is 5.26 Å². The Hall–Kier alpha value is -2.50. The van der Waals surface area contributed by atoms with Gasteiger partial charge in [0, 0.05) is 17.5 Å². The van der Waals surface area contributed by atoms with Gasteiger partial charge in [-0.1, -0.05) is 0 Å². The molecular weight excluding hydrogens is 290 g/mol. The molecule has 1 aliphatic heterocycles. The number of nitrogens with one attached hydrogen (secondary N) is 3. The van der Waals surface area contributed by atoms with E-state index in [1.165, 1.54) is 23.5 Å². The zero-order chi connectivity index (χ0) is 14.8. The van der Waals surface area contributed by atoms with Gasteiger partial charge in [0.15, 0.2) is 0 Å². The van der Waals surface area contributed by atoms with E-state index in [0.717, 1.165) is 23.4 Å². The van der Waals surface area contributed by atoms with Crippen LogP contribution in [0.15, 0.2) is 16.9 Å². The molecule has 21 heavy (non-hydrogen) atoms. The average molecular weight is 301 g/mol. The highest BCUT2D eigenvalue weighted by Crippen LogP contribution is 2.34. The summed E-state index contributed by atoms with van der Waals surface area (Å²) in [4.78, 5) is 24.1. The molecule has 0 saturated carbocycles. The minimum absolute atomic E-state index is 0.1000. The number of carbonyl (C=O) groups is 1. The average Bonchev–Trinajstić information content (AvgIpc) is 2.84. The summed E-state index contributed by atoms with van der Waals surface area (Å²) >= 11 is 1.40. The number of carbonyl (C=O) groups excluding carboxylic acids is 1. The van der Waals surface area contributed by atoms with Crippen LogP contribution in [0.2, 0.25) is 0 Å². The number of hydrogen-bond donors (Lipinski definition) is 3. The second kappa shape index (κ2) is 5.47. The molecule has 1 aliphatic rings. The summed E-state index contributed by atoms with van der Waals surface area (Å²) < 4.78 is 0. The third kappa shape index (κ3) is 2.56. The van der Waals surface area contributed by atoms with E-state index < -0.39 is 5.91 Å². The van der Waals surface area contributed by atoms with E-state index in [1.807, 2.05) is 0 Å². The number of hydrogen-bond acceptors (Lipinski definition) is 6. The van der Waals surface area contributed by atoms with Crippen molar-refractivity contribution in [2.24, 2.45) is 0 Å². The minimum Gasteiger partial charge on any atom is -0.312 e. The third-order valence-corrected chi connectivity index (χ3v) is 4.33. The molecule has 0 radical (unpaired) electrons. The van der Waals surface area contributed by atoms with Crippen molar-refractivity contribution in [2.75, 3.05) is 11.9 Å². The first-order valence-corrected chi connectivity index (χ1v) is 7.13. The van der Waals surface area contributed by atoms with Gasteiger partial charge in [0.05, 0.1) is 5.56 Å². The van der Waals surface area contributed by atoms with Gasteiger partial charge >= 0.3 is 0 Å². The number of nitriles is 1. The Balaban J connectivity index is 1.90. The normalized spacial score (nSPS) is 13.3. The number of anilines is 1. The van der Waals surface area contributed by atoms with Crippen LogP contribution in [-0.4, -0.2) is 22.6 Å². The Kier molecular flexibility index (Phi) is 3.51. The first-order chi connectivity index (χ1) is 10.2. The zero-order valence-corrected chi connectivity index (χ0v) is 11.7. The summed E-state index contributed by atoms with van der Waals surface area (Å²) in [6, 6.07) is 4.73. The van der Waals surface area contributed by atoms with Gasteiger partial charge in [-0.05, 0) is 24.6 Å². The molecule has 0 aliphatic carbocycles. The summed E-state index contributed by atoms with van der Waals surface area (Å²) in [7, 11) is 0. The largest absolute Gasteiger partial charge is 0.312 e. The summed E-state index contributed by atoms with van der Waals surface area (Å²) in [5.74, 6) is -0.450. The number of amides is 1. The molecule has 0 fully saturated rings. The second-order valence-corrected chi connectivity index (χ2v) is 5.61. The van der Waals surface area contributed by atoms with Crippen molar-refractivity contribution in [3.8, 4) is 6.07 Å². The van der Waals surface area contributed by atoms with E-state index in [-0.39, 0.29) is 11.3 Å². The van der Waals surface area contributed by atoms with Crippen molar-refractivity contribution in [1.82, 2.24) is 15.5 Å². The summed E-state index contributed by atoms with van der Waals surface area (Å²) in [6.07, 6.45) is 0.779. The van der Waals surface area contributed by atoms with Gasteiger partial charge in [-0.3, -0.25) is 9.59 Å². The molecule has 106 valence electrons. The highest BCUT2D eigenvalue weighted by atomic mass is 32.1. The molecule has 0 bridgehead atoms. The molecule has 3 rings (SSSR count). The number of H-pyrrole nitrogens is 1. The van der Waals surface area contributed by atoms with Crippen LogP contribution in [0.5, 0.6) is 0 Å². The van der Waals surface area contributed by atoms with Crippen LogP contribution in [0.25, 0.3) is 0 Å². The van der Waals surface area contributed by atoms with E-state index in [1.54, 1.807) is 0 Å².